The van der Waals surface area contributed by atoms with Gasteiger partial charge in [-0.1, -0.05) is 0 Å². The molecule has 0 radical (unpaired) electrons. The number of aromatic amines is 1. The van der Waals surface area contributed by atoms with Crippen LogP contribution in [0.1, 0.15) is 6.92 Å². The first-order chi connectivity index (χ1) is 7.70. The molecule has 0 unspecified atom stereocenters. The number of halogens is 1. The molecule has 0 aliphatic rings. The van der Waals surface area contributed by atoms with Gasteiger partial charge in [0.15, 0.2) is 11.2 Å². The van der Waals surface area contributed by atoms with Crippen LogP contribution in [-0.4, -0.2) is 30.4 Å². The van der Waals surface area contributed by atoms with E-state index >= 15 is 0 Å². The molecule has 0 atom stereocenters. The molecule has 86 valence electrons. The smallest absolute Gasteiger partial charge is 0.273 e. The maximum absolute atomic E-state index is 11.9. The number of H-pyrrole nitrogens is 1. The minimum atomic E-state index is -0.429. The van der Waals surface area contributed by atoms with E-state index in [0.29, 0.717) is 13.1 Å². The van der Waals surface area contributed by atoms with Gasteiger partial charge in [-0.15, -0.1) is 21.8 Å². The van der Waals surface area contributed by atoms with Crippen molar-refractivity contribution in [3.8, 4) is 0 Å². The first kappa shape index (κ1) is 10.9. The normalized spacial score (nSPS) is 11.1. The lowest BCUT2D eigenvalue weighted by molar-refractivity contribution is 0.607. The highest BCUT2D eigenvalue weighted by Gasteiger charge is 2.14. The Hall–Kier alpha value is -1.63. The quantitative estimate of drug-likeness (QED) is 0.740. The van der Waals surface area contributed by atoms with Gasteiger partial charge in [-0.3, -0.25) is 13.9 Å². The molecule has 16 heavy (non-hydrogen) atoms. The number of hydrogen-bond acceptors (Lipinski definition) is 4. The van der Waals surface area contributed by atoms with E-state index < -0.39 is 11.2 Å². The van der Waals surface area contributed by atoms with Crippen molar-refractivity contribution in [1.82, 2.24) is 24.5 Å². The van der Waals surface area contributed by atoms with Crippen molar-refractivity contribution in [2.24, 2.45) is 0 Å². The third kappa shape index (κ3) is 1.44. The molecule has 2 aromatic heterocycles. The molecule has 0 aliphatic heterocycles. The number of nitrogens with one attached hydrogen (secondary N) is 1. The molecule has 8 heteroatoms. The highest BCUT2D eigenvalue weighted by Crippen LogP contribution is 1.99. The van der Waals surface area contributed by atoms with Crippen LogP contribution in [0.15, 0.2) is 9.59 Å². The summed E-state index contributed by atoms with van der Waals surface area (Å²) in [5, 5.41) is 9.87. The minimum absolute atomic E-state index is 0.159. The second-order valence-electron chi connectivity index (χ2n) is 3.17. The average molecular weight is 244 g/mol. The van der Waals surface area contributed by atoms with Crippen molar-refractivity contribution in [1.29, 1.82) is 0 Å². The first-order valence-corrected chi connectivity index (χ1v) is 5.34. The van der Waals surface area contributed by atoms with Gasteiger partial charge in [-0.25, -0.2) is 4.79 Å². The molecule has 0 amide bonds. The SMILES string of the molecule is CCn1c(=O)c2n[nH]nc2n(CCCl)c1=O. The Labute approximate surface area is 94.6 Å². The molecule has 0 bridgehead atoms. The number of rotatable bonds is 3. The van der Waals surface area contributed by atoms with Crippen molar-refractivity contribution in [3.05, 3.63) is 20.8 Å². The predicted molar refractivity (Wildman–Crippen MR) is 58.8 cm³/mol. The zero-order valence-electron chi connectivity index (χ0n) is 8.60. The lowest BCUT2D eigenvalue weighted by atomic mass is 10.5. The van der Waals surface area contributed by atoms with Crippen molar-refractivity contribution >= 4 is 22.8 Å². The van der Waals surface area contributed by atoms with Crippen LogP contribution in [0.3, 0.4) is 0 Å². The molecule has 2 aromatic rings. The molecule has 1 N–H and O–H groups in total. The van der Waals surface area contributed by atoms with Crippen LogP contribution in [-0.2, 0) is 13.1 Å². The monoisotopic (exact) mass is 243 g/mol. The van der Waals surface area contributed by atoms with Crippen molar-refractivity contribution < 1.29 is 0 Å². The third-order valence-electron chi connectivity index (χ3n) is 2.32. The van der Waals surface area contributed by atoms with Crippen LogP contribution in [0.4, 0.5) is 0 Å². The van der Waals surface area contributed by atoms with Gasteiger partial charge in [0.05, 0.1) is 0 Å². The zero-order valence-corrected chi connectivity index (χ0v) is 9.36. The van der Waals surface area contributed by atoms with Crippen molar-refractivity contribution in [2.75, 3.05) is 5.88 Å². The summed E-state index contributed by atoms with van der Waals surface area (Å²) >= 11 is 5.61. The lowest BCUT2D eigenvalue weighted by Gasteiger charge is -2.06. The fourth-order valence-electron chi connectivity index (χ4n) is 1.57. The van der Waals surface area contributed by atoms with Crippen LogP contribution in [0.5, 0.6) is 0 Å². The fraction of sp³-hybridized carbons (Fsp3) is 0.500. The van der Waals surface area contributed by atoms with Gasteiger partial charge in [0, 0.05) is 19.0 Å². The maximum Gasteiger partial charge on any atom is 0.332 e. The Balaban J connectivity index is 2.92. The molecule has 2 rings (SSSR count). The van der Waals surface area contributed by atoms with E-state index in [1.54, 1.807) is 6.92 Å². The number of hydrogen-bond donors (Lipinski definition) is 1. The fourth-order valence-corrected chi connectivity index (χ4v) is 1.74. The van der Waals surface area contributed by atoms with E-state index in [0.717, 1.165) is 4.57 Å². The van der Waals surface area contributed by atoms with Crippen LogP contribution in [0, 0.1) is 0 Å². The molecular formula is C8H10ClN5O2. The van der Waals surface area contributed by atoms with Gasteiger partial charge >= 0.3 is 5.69 Å². The number of alkyl halides is 1. The van der Waals surface area contributed by atoms with E-state index in [9.17, 15) is 9.59 Å². The van der Waals surface area contributed by atoms with Gasteiger partial charge in [-0.2, -0.15) is 5.21 Å². The topological polar surface area (TPSA) is 85.6 Å². The van der Waals surface area contributed by atoms with Crippen molar-refractivity contribution in [3.63, 3.8) is 0 Å². The Morgan fingerprint density at radius 3 is 2.69 bits per heavy atom. The molecule has 0 saturated carbocycles. The summed E-state index contributed by atoms with van der Waals surface area (Å²) in [6.07, 6.45) is 0. The van der Waals surface area contributed by atoms with Gasteiger partial charge in [0.25, 0.3) is 5.56 Å². The van der Waals surface area contributed by atoms with E-state index in [1.165, 1.54) is 4.57 Å². The van der Waals surface area contributed by atoms with E-state index in [2.05, 4.69) is 15.4 Å². The van der Waals surface area contributed by atoms with Gasteiger partial charge in [0.1, 0.15) is 0 Å². The summed E-state index contributed by atoms with van der Waals surface area (Å²) in [7, 11) is 0. The Morgan fingerprint density at radius 2 is 2.06 bits per heavy atom. The summed E-state index contributed by atoms with van der Waals surface area (Å²) < 4.78 is 2.45. The Bertz CT molecular complexity index is 625. The number of aromatic nitrogens is 5. The number of nitrogens with zero attached hydrogens (tertiary/aromatic N) is 4. The Kier molecular flexibility index (Phi) is 2.78. The van der Waals surface area contributed by atoms with Crippen LogP contribution < -0.4 is 11.2 Å². The van der Waals surface area contributed by atoms with E-state index in [1.807, 2.05) is 0 Å². The highest BCUT2D eigenvalue weighted by molar-refractivity contribution is 6.17. The van der Waals surface area contributed by atoms with Crippen LogP contribution in [0.25, 0.3) is 11.2 Å². The molecule has 0 aromatic carbocycles. The first-order valence-electron chi connectivity index (χ1n) is 4.80. The zero-order chi connectivity index (χ0) is 11.7. The minimum Gasteiger partial charge on any atom is -0.273 e. The molecular weight excluding hydrogens is 234 g/mol. The van der Waals surface area contributed by atoms with Crippen LogP contribution in [0.2, 0.25) is 0 Å². The second-order valence-corrected chi connectivity index (χ2v) is 3.55. The second kappa shape index (κ2) is 4.09. The summed E-state index contributed by atoms with van der Waals surface area (Å²) in [5.41, 5.74) is -0.427. The summed E-state index contributed by atoms with van der Waals surface area (Å²) in [5.74, 6) is 0.268. The predicted octanol–water partition coefficient (Wildman–Crippen LogP) is -0.460. The molecule has 0 saturated heterocycles. The third-order valence-corrected chi connectivity index (χ3v) is 2.49. The molecule has 0 fully saturated rings. The van der Waals surface area contributed by atoms with E-state index in [-0.39, 0.29) is 17.0 Å². The van der Waals surface area contributed by atoms with Crippen LogP contribution >= 0.6 is 11.6 Å². The summed E-state index contributed by atoms with van der Waals surface area (Å²) in [6.45, 7) is 2.31. The summed E-state index contributed by atoms with van der Waals surface area (Å²) in [6, 6.07) is 0. The number of fused-ring (bicyclic) bond motifs is 1. The molecule has 0 aliphatic carbocycles. The maximum atomic E-state index is 11.9. The average Bonchev–Trinajstić information content (AvgIpc) is 2.74. The van der Waals surface area contributed by atoms with Gasteiger partial charge in [-0.05, 0) is 6.92 Å². The number of aryl methyl sites for hydroxylation is 1. The molecule has 7 nitrogen and oxygen atoms in total. The molecule has 0 spiro atoms. The van der Waals surface area contributed by atoms with Gasteiger partial charge in [0.2, 0.25) is 0 Å². The lowest BCUT2D eigenvalue weighted by Crippen LogP contribution is -2.40. The Morgan fingerprint density at radius 1 is 1.31 bits per heavy atom. The van der Waals surface area contributed by atoms with E-state index in [4.69, 9.17) is 11.6 Å². The van der Waals surface area contributed by atoms with Crippen molar-refractivity contribution in [2.45, 2.75) is 20.0 Å². The standard InChI is InChI=1S/C8H10ClN5O2/c1-2-13-7(15)5-6(11-12-10-5)14(4-3-9)8(13)16/h2-4H2,1H3,(H,10,11,12). The molecule has 2 heterocycles. The summed E-state index contributed by atoms with van der Waals surface area (Å²) in [4.78, 5) is 23.7. The van der Waals surface area contributed by atoms with Gasteiger partial charge < -0.3 is 0 Å². The largest absolute Gasteiger partial charge is 0.332 e. The highest BCUT2D eigenvalue weighted by atomic mass is 35.5.